The van der Waals surface area contributed by atoms with Crippen molar-refractivity contribution in [3.8, 4) is 11.5 Å². The first kappa shape index (κ1) is 18.3. The number of phenols is 1. The van der Waals surface area contributed by atoms with Gasteiger partial charge in [-0.05, 0) is 32.9 Å². The minimum Gasteiger partial charge on any atom is -0.508 e. The van der Waals surface area contributed by atoms with E-state index in [1.165, 1.54) is 13.2 Å². The summed E-state index contributed by atoms with van der Waals surface area (Å²) >= 11 is 0. The lowest BCUT2D eigenvalue weighted by Gasteiger charge is -2.36. The molecule has 7 heteroatoms. The third-order valence-corrected chi connectivity index (χ3v) is 5.77. The number of aromatic nitrogens is 2. The van der Waals surface area contributed by atoms with Gasteiger partial charge in [-0.3, -0.25) is 4.79 Å². The number of methoxy groups -OCH3 is 1. The van der Waals surface area contributed by atoms with Gasteiger partial charge in [-0.2, -0.15) is 0 Å². The number of fused-ring (bicyclic) bond motifs is 1. The number of H-pyrrole nitrogens is 1. The SMILES string of the molecule is COc1cc(O)cc(N2C(N)C(C)(c3nc4ccccc4[nH]3)C(=O)C2(C)C)c1. The first-order chi connectivity index (χ1) is 13.2. The summed E-state index contributed by atoms with van der Waals surface area (Å²) in [4.78, 5) is 23.3. The van der Waals surface area contributed by atoms with E-state index in [1.54, 1.807) is 12.1 Å². The topological polar surface area (TPSA) is 104 Å². The van der Waals surface area contributed by atoms with Gasteiger partial charge < -0.3 is 25.5 Å². The second-order valence-electron chi connectivity index (χ2n) is 7.90. The average Bonchev–Trinajstić information content (AvgIpc) is 3.15. The maximum Gasteiger partial charge on any atom is 0.174 e. The van der Waals surface area contributed by atoms with Crippen LogP contribution in [0.3, 0.4) is 0 Å². The van der Waals surface area contributed by atoms with E-state index in [-0.39, 0.29) is 11.5 Å². The number of rotatable bonds is 3. The van der Waals surface area contributed by atoms with E-state index in [0.29, 0.717) is 17.3 Å². The number of nitrogens with two attached hydrogens (primary N) is 1. The predicted molar refractivity (Wildman–Crippen MR) is 108 cm³/mol. The molecule has 0 spiro atoms. The average molecular weight is 380 g/mol. The van der Waals surface area contributed by atoms with Crippen LogP contribution in [-0.2, 0) is 10.2 Å². The summed E-state index contributed by atoms with van der Waals surface area (Å²) in [5, 5.41) is 10.1. The Morgan fingerprint density at radius 3 is 2.61 bits per heavy atom. The number of benzene rings is 2. The number of carbonyl (C=O) groups is 1. The number of aromatic hydroxyl groups is 1. The van der Waals surface area contributed by atoms with Crippen molar-refractivity contribution < 1.29 is 14.6 Å². The van der Waals surface area contributed by atoms with Gasteiger partial charge in [0.25, 0.3) is 0 Å². The molecule has 3 aromatic rings. The molecule has 1 saturated heterocycles. The summed E-state index contributed by atoms with van der Waals surface area (Å²) in [6.45, 7) is 5.48. The number of imidazole rings is 1. The maximum absolute atomic E-state index is 13.6. The third kappa shape index (κ3) is 2.39. The Labute approximate surface area is 163 Å². The molecule has 1 aromatic heterocycles. The quantitative estimate of drug-likeness (QED) is 0.645. The fourth-order valence-corrected chi connectivity index (χ4v) is 4.24. The van der Waals surface area contributed by atoms with Crippen LogP contribution in [0.5, 0.6) is 11.5 Å². The zero-order chi connectivity index (χ0) is 20.3. The Morgan fingerprint density at radius 1 is 1.21 bits per heavy atom. The number of para-hydroxylation sites is 2. The van der Waals surface area contributed by atoms with E-state index in [9.17, 15) is 9.90 Å². The molecule has 28 heavy (non-hydrogen) atoms. The normalized spacial score (nSPS) is 24.1. The van der Waals surface area contributed by atoms with Gasteiger partial charge in [-0.25, -0.2) is 4.98 Å². The molecular formula is C21H24N4O3. The number of hydrogen-bond acceptors (Lipinski definition) is 6. The first-order valence-corrected chi connectivity index (χ1v) is 9.12. The van der Waals surface area contributed by atoms with E-state index >= 15 is 0 Å². The maximum atomic E-state index is 13.6. The number of Topliss-reactive ketones (excluding diaryl/α,β-unsaturated/α-hetero) is 1. The molecule has 0 amide bonds. The number of ether oxygens (including phenoxy) is 1. The van der Waals surface area contributed by atoms with Crippen molar-refractivity contribution in [3.05, 3.63) is 48.3 Å². The molecular weight excluding hydrogens is 356 g/mol. The van der Waals surface area contributed by atoms with Crippen LogP contribution >= 0.6 is 0 Å². The van der Waals surface area contributed by atoms with Crippen molar-refractivity contribution in [2.24, 2.45) is 5.73 Å². The van der Waals surface area contributed by atoms with Crippen molar-refractivity contribution in [2.45, 2.75) is 37.9 Å². The molecule has 4 rings (SSSR count). The molecule has 2 unspecified atom stereocenters. The zero-order valence-electron chi connectivity index (χ0n) is 16.4. The Kier molecular flexibility index (Phi) is 3.90. The van der Waals surface area contributed by atoms with Crippen LogP contribution in [0.25, 0.3) is 11.0 Å². The van der Waals surface area contributed by atoms with Crippen LogP contribution in [0.1, 0.15) is 26.6 Å². The molecule has 0 saturated carbocycles. The van der Waals surface area contributed by atoms with E-state index in [0.717, 1.165) is 11.0 Å². The van der Waals surface area contributed by atoms with Crippen LogP contribution in [0.2, 0.25) is 0 Å². The smallest absolute Gasteiger partial charge is 0.174 e. The lowest BCUT2D eigenvalue weighted by Crippen LogP contribution is -2.51. The molecule has 2 atom stereocenters. The second kappa shape index (κ2) is 5.97. The van der Waals surface area contributed by atoms with E-state index in [2.05, 4.69) is 9.97 Å². The van der Waals surface area contributed by atoms with E-state index in [4.69, 9.17) is 10.5 Å². The number of ketones is 1. The number of hydrogen-bond donors (Lipinski definition) is 3. The number of nitrogens with zero attached hydrogens (tertiary/aromatic N) is 2. The van der Waals surface area contributed by atoms with E-state index < -0.39 is 17.1 Å². The number of phenolic OH excluding ortho intramolecular Hbond substituents is 1. The lowest BCUT2D eigenvalue weighted by atomic mass is 9.80. The van der Waals surface area contributed by atoms with Crippen LogP contribution < -0.4 is 15.4 Å². The van der Waals surface area contributed by atoms with Crippen molar-refractivity contribution in [1.82, 2.24) is 9.97 Å². The fourth-order valence-electron chi connectivity index (χ4n) is 4.24. The molecule has 1 aliphatic rings. The van der Waals surface area contributed by atoms with Crippen LogP contribution in [0, 0.1) is 0 Å². The van der Waals surface area contributed by atoms with Gasteiger partial charge in [0.05, 0.1) is 29.8 Å². The summed E-state index contributed by atoms with van der Waals surface area (Å²) < 4.78 is 5.27. The highest BCUT2D eigenvalue weighted by atomic mass is 16.5. The van der Waals surface area contributed by atoms with Crippen molar-refractivity contribution in [2.75, 3.05) is 12.0 Å². The number of aromatic amines is 1. The summed E-state index contributed by atoms with van der Waals surface area (Å²) in [7, 11) is 1.53. The third-order valence-electron chi connectivity index (χ3n) is 5.77. The van der Waals surface area contributed by atoms with Gasteiger partial charge >= 0.3 is 0 Å². The Hall–Kier alpha value is -3.06. The van der Waals surface area contributed by atoms with Gasteiger partial charge in [-0.1, -0.05) is 12.1 Å². The largest absolute Gasteiger partial charge is 0.508 e. The van der Waals surface area contributed by atoms with Crippen molar-refractivity contribution in [1.29, 1.82) is 0 Å². The van der Waals surface area contributed by atoms with Gasteiger partial charge in [0.15, 0.2) is 5.78 Å². The van der Waals surface area contributed by atoms with Gasteiger partial charge in [-0.15, -0.1) is 0 Å². The predicted octanol–water partition coefficient (Wildman–Crippen LogP) is 2.69. The lowest BCUT2D eigenvalue weighted by molar-refractivity contribution is -0.125. The van der Waals surface area contributed by atoms with Crippen LogP contribution in [-0.4, -0.2) is 39.7 Å². The fraction of sp³-hybridized carbons (Fsp3) is 0.333. The number of anilines is 1. The molecule has 2 aromatic carbocycles. The van der Waals surface area contributed by atoms with Crippen LogP contribution in [0.4, 0.5) is 5.69 Å². The summed E-state index contributed by atoms with van der Waals surface area (Å²) in [5.74, 6) is 1.02. The molecule has 1 aliphatic heterocycles. The van der Waals surface area contributed by atoms with Crippen molar-refractivity contribution >= 4 is 22.5 Å². The molecule has 7 nitrogen and oxygen atoms in total. The Balaban J connectivity index is 1.87. The standard InChI is InChI=1S/C21H24N4O3/c1-20(2)17(27)21(3,19-23-15-7-5-6-8-16(15)24-19)18(22)25(20)12-9-13(26)11-14(10-12)28-4/h5-11,18,26H,22H2,1-4H3,(H,23,24). The highest BCUT2D eigenvalue weighted by Crippen LogP contribution is 2.46. The molecule has 0 bridgehead atoms. The summed E-state index contributed by atoms with van der Waals surface area (Å²) in [5.41, 5.74) is 6.96. The molecule has 0 aliphatic carbocycles. The highest BCUT2D eigenvalue weighted by Gasteiger charge is 2.61. The molecule has 1 fully saturated rings. The summed E-state index contributed by atoms with van der Waals surface area (Å²) in [6, 6.07) is 12.5. The molecule has 2 heterocycles. The Bertz CT molecular complexity index is 1040. The van der Waals surface area contributed by atoms with E-state index in [1.807, 2.05) is 49.9 Å². The first-order valence-electron chi connectivity index (χ1n) is 9.12. The zero-order valence-corrected chi connectivity index (χ0v) is 16.4. The molecule has 146 valence electrons. The highest BCUT2D eigenvalue weighted by molar-refractivity contribution is 6.04. The molecule has 0 radical (unpaired) electrons. The van der Waals surface area contributed by atoms with Gasteiger partial charge in [0, 0.05) is 23.9 Å². The summed E-state index contributed by atoms with van der Waals surface area (Å²) in [6.07, 6.45) is -0.693. The van der Waals surface area contributed by atoms with Gasteiger partial charge in [0.1, 0.15) is 22.7 Å². The Morgan fingerprint density at radius 2 is 1.93 bits per heavy atom. The van der Waals surface area contributed by atoms with Crippen LogP contribution in [0.15, 0.2) is 42.5 Å². The second-order valence-corrected chi connectivity index (χ2v) is 7.90. The van der Waals surface area contributed by atoms with Crippen molar-refractivity contribution in [3.63, 3.8) is 0 Å². The molecule has 4 N–H and O–H groups in total. The minimum atomic E-state index is -1.05. The monoisotopic (exact) mass is 380 g/mol. The number of carbonyl (C=O) groups excluding carboxylic acids is 1. The minimum absolute atomic E-state index is 0.0436. The number of nitrogens with one attached hydrogen (secondary N) is 1. The van der Waals surface area contributed by atoms with Gasteiger partial charge in [0.2, 0.25) is 0 Å².